The number of rotatable bonds is 4. The highest BCUT2D eigenvalue weighted by molar-refractivity contribution is 7.12. The van der Waals surface area contributed by atoms with Crippen LogP contribution in [0, 0.1) is 0 Å². The number of carbonyl (C=O) groups excluding carboxylic acids is 1. The van der Waals surface area contributed by atoms with Gasteiger partial charge >= 0.3 is 0 Å². The second-order valence-corrected chi connectivity index (χ2v) is 6.65. The highest BCUT2D eigenvalue weighted by Crippen LogP contribution is 2.23. The number of carbonyl (C=O) groups is 1. The van der Waals surface area contributed by atoms with Crippen LogP contribution in [0.5, 0.6) is 0 Å². The molecule has 0 saturated heterocycles. The molecule has 2 aromatic heterocycles. The van der Waals surface area contributed by atoms with Crippen LogP contribution in [-0.4, -0.2) is 15.8 Å². The standard InChI is InChI=1S/C21H14N2O2S/c24-20(18-11-6-12-26-18)15(13-14-7-2-1-3-8-14)19-21(25)23-17-10-5-4-9-16(17)22-19/h1-13H,(H,23,25)/b15-13-. The lowest BCUT2D eigenvalue weighted by Gasteiger charge is -2.06. The fraction of sp³-hybridized carbons (Fsp3) is 0. The maximum atomic E-state index is 13.0. The monoisotopic (exact) mass is 358 g/mol. The predicted octanol–water partition coefficient (Wildman–Crippen LogP) is 4.41. The summed E-state index contributed by atoms with van der Waals surface area (Å²) in [7, 11) is 0. The molecule has 2 aromatic carbocycles. The Bertz CT molecular complexity index is 1160. The van der Waals surface area contributed by atoms with E-state index in [4.69, 9.17) is 0 Å². The zero-order valence-corrected chi connectivity index (χ0v) is 14.5. The Morgan fingerprint density at radius 2 is 1.73 bits per heavy atom. The molecule has 0 radical (unpaired) electrons. The van der Waals surface area contributed by atoms with E-state index in [0.29, 0.717) is 15.9 Å². The van der Waals surface area contributed by atoms with E-state index >= 15 is 0 Å². The summed E-state index contributed by atoms with van der Waals surface area (Å²) in [6.45, 7) is 0. The number of nitrogens with one attached hydrogen (secondary N) is 1. The van der Waals surface area contributed by atoms with Gasteiger partial charge < -0.3 is 4.98 Å². The quantitative estimate of drug-likeness (QED) is 0.434. The van der Waals surface area contributed by atoms with Crippen molar-refractivity contribution in [3.63, 3.8) is 0 Å². The largest absolute Gasteiger partial charge is 0.319 e. The molecule has 0 fully saturated rings. The van der Waals surface area contributed by atoms with Crippen molar-refractivity contribution < 1.29 is 4.79 Å². The lowest BCUT2D eigenvalue weighted by molar-refractivity contribution is 0.106. The van der Waals surface area contributed by atoms with Gasteiger partial charge in [-0.1, -0.05) is 48.5 Å². The molecular weight excluding hydrogens is 344 g/mol. The minimum atomic E-state index is -0.379. The Morgan fingerprint density at radius 1 is 0.962 bits per heavy atom. The summed E-state index contributed by atoms with van der Waals surface area (Å²) >= 11 is 1.34. The molecular formula is C21H14N2O2S. The summed E-state index contributed by atoms with van der Waals surface area (Å²) in [6.07, 6.45) is 1.72. The number of aromatic amines is 1. The molecule has 0 aliphatic carbocycles. The Hall–Kier alpha value is -3.31. The second kappa shape index (κ2) is 6.90. The number of ketones is 1. The summed E-state index contributed by atoms with van der Waals surface area (Å²) in [5, 5.41) is 1.84. The van der Waals surface area contributed by atoms with Gasteiger partial charge in [0.1, 0.15) is 5.69 Å². The fourth-order valence-electron chi connectivity index (χ4n) is 2.71. The SMILES string of the molecule is O=C(/C(=C\c1ccccc1)c1nc2ccccc2[nH]c1=O)c1cccs1. The molecule has 0 bridgehead atoms. The molecule has 4 nitrogen and oxygen atoms in total. The van der Waals surface area contributed by atoms with Gasteiger partial charge in [-0.25, -0.2) is 4.98 Å². The summed E-state index contributed by atoms with van der Waals surface area (Å²) < 4.78 is 0. The van der Waals surface area contributed by atoms with Crippen molar-refractivity contribution in [2.75, 3.05) is 0 Å². The first kappa shape index (κ1) is 16.2. The highest BCUT2D eigenvalue weighted by Gasteiger charge is 2.20. The van der Waals surface area contributed by atoms with Gasteiger partial charge in [-0.2, -0.15) is 0 Å². The molecule has 4 aromatic rings. The first-order valence-electron chi connectivity index (χ1n) is 8.07. The van der Waals surface area contributed by atoms with Crippen LogP contribution in [0.4, 0.5) is 0 Å². The average molecular weight is 358 g/mol. The number of benzene rings is 2. The van der Waals surface area contributed by atoms with Crippen LogP contribution in [0.2, 0.25) is 0 Å². The van der Waals surface area contributed by atoms with Gasteiger partial charge in [0, 0.05) is 0 Å². The van der Waals surface area contributed by atoms with E-state index in [1.54, 1.807) is 18.2 Å². The van der Waals surface area contributed by atoms with Gasteiger partial charge in [0.2, 0.25) is 5.78 Å². The second-order valence-electron chi connectivity index (χ2n) is 5.71. The number of hydrogen-bond donors (Lipinski definition) is 1. The van der Waals surface area contributed by atoms with Gasteiger partial charge in [0.15, 0.2) is 0 Å². The molecule has 5 heteroatoms. The first-order valence-corrected chi connectivity index (χ1v) is 8.95. The Balaban J connectivity index is 1.94. The van der Waals surface area contributed by atoms with Crippen molar-refractivity contribution in [2.45, 2.75) is 0 Å². The molecule has 0 aliphatic heterocycles. The minimum absolute atomic E-state index is 0.131. The third-order valence-electron chi connectivity index (χ3n) is 3.95. The van der Waals surface area contributed by atoms with Crippen LogP contribution in [0.15, 0.2) is 76.9 Å². The molecule has 0 aliphatic rings. The minimum Gasteiger partial charge on any atom is -0.319 e. The summed E-state index contributed by atoms with van der Waals surface area (Å²) in [5.74, 6) is -0.211. The molecule has 0 saturated carbocycles. The van der Waals surface area contributed by atoms with Crippen molar-refractivity contribution in [1.29, 1.82) is 0 Å². The first-order chi connectivity index (χ1) is 12.7. The van der Waals surface area contributed by atoms with Crippen molar-refractivity contribution in [3.8, 4) is 0 Å². The van der Waals surface area contributed by atoms with E-state index in [2.05, 4.69) is 9.97 Å². The van der Waals surface area contributed by atoms with Crippen LogP contribution in [-0.2, 0) is 0 Å². The van der Waals surface area contributed by atoms with E-state index in [-0.39, 0.29) is 22.6 Å². The molecule has 1 N–H and O–H groups in total. The maximum Gasteiger partial charge on any atom is 0.275 e. The third kappa shape index (κ3) is 3.12. The van der Waals surface area contributed by atoms with E-state index in [1.807, 2.05) is 60.0 Å². The number of nitrogens with zero attached hydrogens (tertiary/aromatic N) is 1. The van der Waals surface area contributed by atoms with E-state index in [0.717, 1.165) is 5.56 Å². The average Bonchev–Trinajstić information content (AvgIpc) is 3.21. The van der Waals surface area contributed by atoms with E-state index in [1.165, 1.54) is 11.3 Å². The van der Waals surface area contributed by atoms with Crippen molar-refractivity contribution >= 4 is 39.8 Å². The highest BCUT2D eigenvalue weighted by atomic mass is 32.1. The van der Waals surface area contributed by atoms with Crippen LogP contribution in [0.25, 0.3) is 22.7 Å². The summed E-state index contributed by atoms with van der Waals surface area (Å²) in [5.41, 5.74) is 2.15. The fourth-order valence-corrected chi connectivity index (χ4v) is 3.39. The molecule has 4 rings (SSSR count). The van der Waals surface area contributed by atoms with Gasteiger partial charge in [-0.05, 0) is 35.2 Å². The molecule has 2 heterocycles. The van der Waals surface area contributed by atoms with Gasteiger partial charge in [-0.15, -0.1) is 11.3 Å². The maximum absolute atomic E-state index is 13.0. The Kier molecular flexibility index (Phi) is 4.29. The number of fused-ring (bicyclic) bond motifs is 1. The van der Waals surface area contributed by atoms with Crippen molar-refractivity contribution in [2.24, 2.45) is 0 Å². The molecule has 0 amide bonds. The molecule has 26 heavy (non-hydrogen) atoms. The van der Waals surface area contributed by atoms with Crippen LogP contribution in [0.3, 0.4) is 0 Å². The smallest absolute Gasteiger partial charge is 0.275 e. The van der Waals surface area contributed by atoms with E-state index in [9.17, 15) is 9.59 Å². The number of thiophene rings is 1. The lowest BCUT2D eigenvalue weighted by Crippen LogP contribution is -2.18. The zero-order valence-electron chi connectivity index (χ0n) is 13.7. The zero-order chi connectivity index (χ0) is 17.9. The van der Waals surface area contributed by atoms with Gasteiger partial charge in [0.25, 0.3) is 5.56 Å². The lowest BCUT2D eigenvalue weighted by atomic mass is 10.0. The summed E-state index contributed by atoms with van der Waals surface area (Å²) in [6, 6.07) is 20.3. The number of para-hydroxylation sites is 2. The molecule has 0 spiro atoms. The van der Waals surface area contributed by atoms with Gasteiger partial charge in [0.05, 0.1) is 21.5 Å². The number of Topliss-reactive ketones (excluding diaryl/α,β-unsaturated/α-hetero) is 1. The van der Waals surface area contributed by atoms with Crippen LogP contribution >= 0.6 is 11.3 Å². The number of H-pyrrole nitrogens is 1. The predicted molar refractivity (Wildman–Crippen MR) is 105 cm³/mol. The van der Waals surface area contributed by atoms with Crippen LogP contribution in [0.1, 0.15) is 20.9 Å². The number of allylic oxidation sites excluding steroid dienone is 1. The molecule has 0 atom stereocenters. The molecule has 0 unspecified atom stereocenters. The number of aromatic nitrogens is 2. The third-order valence-corrected chi connectivity index (χ3v) is 4.82. The normalized spacial score (nSPS) is 11.6. The summed E-state index contributed by atoms with van der Waals surface area (Å²) in [4.78, 5) is 33.5. The number of hydrogen-bond acceptors (Lipinski definition) is 4. The van der Waals surface area contributed by atoms with Crippen molar-refractivity contribution in [1.82, 2.24) is 9.97 Å². The van der Waals surface area contributed by atoms with Gasteiger partial charge in [-0.3, -0.25) is 9.59 Å². The molecule has 126 valence electrons. The van der Waals surface area contributed by atoms with Crippen molar-refractivity contribution in [3.05, 3.63) is 98.6 Å². The Labute approximate surface area is 153 Å². The topological polar surface area (TPSA) is 62.8 Å². The Morgan fingerprint density at radius 3 is 2.50 bits per heavy atom. The van der Waals surface area contributed by atoms with Crippen LogP contribution < -0.4 is 5.56 Å². The van der Waals surface area contributed by atoms with E-state index < -0.39 is 0 Å².